The van der Waals surface area contributed by atoms with E-state index in [2.05, 4.69) is 0 Å². The van der Waals surface area contributed by atoms with Crippen molar-refractivity contribution < 1.29 is 19.4 Å². The molecule has 0 radical (unpaired) electrons. The van der Waals surface area contributed by atoms with E-state index in [0.29, 0.717) is 22.6 Å². The molecule has 2 aromatic rings. The molecule has 5 heteroatoms. The highest BCUT2D eigenvalue weighted by atomic mass is 16.5. The Morgan fingerprint density at radius 1 is 1.12 bits per heavy atom. The summed E-state index contributed by atoms with van der Waals surface area (Å²) in [5.74, 6) is -0.233. The second-order valence-corrected chi connectivity index (χ2v) is 6.01. The number of carbonyl (C=O) groups excluding carboxylic acids is 2. The first kappa shape index (κ1) is 18.7. The number of nitrogens with zero attached hydrogens (tertiary/aromatic N) is 1. The Morgan fingerprint density at radius 2 is 1.76 bits per heavy atom. The van der Waals surface area contributed by atoms with Gasteiger partial charge in [-0.25, -0.2) is 0 Å². The van der Waals surface area contributed by atoms with Crippen LogP contribution in [0.15, 0.2) is 48.5 Å². The van der Waals surface area contributed by atoms with Crippen molar-refractivity contribution in [2.24, 2.45) is 5.92 Å². The number of hydrogen-bond donors (Lipinski definition) is 1. The fourth-order valence-electron chi connectivity index (χ4n) is 2.59. The Hall–Kier alpha value is -2.66. The van der Waals surface area contributed by atoms with Gasteiger partial charge in [-0.15, -0.1) is 0 Å². The van der Waals surface area contributed by atoms with Gasteiger partial charge in [0, 0.05) is 24.4 Å². The molecule has 0 spiro atoms. The average molecular weight is 341 g/mol. The van der Waals surface area contributed by atoms with Crippen LogP contribution in [0.5, 0.6) is 5.75 Å². The monoisotopic (exact) mass is 341 g/mol. The third-order valence-corrected chi connectivity index (χ3v) is 4.29. The van der Waals surface area contributed by atoms with Gasteiger partial charge in [0.05, 0.1) is 19.1 Å². The number of amides is 1. The van der Waals surface area contributed by atoms with E-state index in [4.69, 9.17) is 4.74 Å². The van der Waals surface area contributed by atoms with E-state index in [0.717, 1.165) is 0 Å². The van der Waals surface area contributed by atoms with Crippen LogP contribution in [-0.2, 0) is 4.79 Å². The predicted molar refractivity (Wildman–Crippen MR) is 97.0 cm³/mol. The summed E-state index contributed by atoms with van der Waals surface area (Å²) in [4.78, 5) is 25.5. The van der Waals surface area contributed by atoms with E-state index in [1.54, 1.807) is 69.6 Å². The second kappa shape index (κ2) is 7.94. The molecule has 132 valence electrons. The SMILES string of the molecule is COc1cccc(N(C)C(=O)[C@H](C)[C@H](O)c2ccc(C(C)=O)cc2)c1. The number of ketones is 1. The summed E-state index contributed by atoms with van der Waals surface area (Å²) in [5.41, 5.74) is 1.86. The Bertz CT molecular complexity index is 755. The zero-order chi connectivity index (χ0) is 18.6. The molecule has 2 aromatic carbocycles. The number of ether oxygens (including phenoxy) is 1. The van der Waals surface area contributed by atoms with Crippen LogP contribution in [0, 0.1) is 5.92 Å². The smallest absolute Gasteiger partial charge is 0.232 e. The van der Waals surface area contributed by atoms with E-state index >= 15 is 0 Å². The molecule has 0 fully saturated rings. The lowest BCUT2D eigenvalue weighted by atomic mass is 9.95. The number of carbonyl (C=O) groups is 2. The normalized spacial score (nSPS) is 13.0. The molecule has 0 aliphatic carbocycles. The van der Waals surface area contributed by atoms with Crippen LogP contribution in [0.1, 0.15) is 35.9 Å². The topological polar surface area (TPSA) is 66.8 Å². The molecule has 0 aromatic heterocycles. The van der Waals surface area contributed by atoms with Crippen LogP contribution < -0.4 is 9.64 Å². The van der Waals surface area contributed by atoms with Crippen LogP contribution in [-0.4, -0.2) is 31.0 Å². The van der Waals surface area contributed by atoms with Crippen molar-refractivity contribution in [1.82, 2.24) is 0 Å². The van der Waals surface area contributed by atoms with Crippen LogP contribution in [0.25, 0.3) is 0 Å². The standard InChI is InChI=1S/C20H23NO4/c1-13(19(23)16-10-8-15(9-11-16)14(2)22)20(24)21(3)17-6-5-7-18(12-17)25-4/h5-13,19,23H,1-4H3/t13-,19+/m1/s1. The number of aliphatic hydroxyl groups is 1. The van der Waals surface area contributed by atoms with Gasteiger partial charge in [-0.3, -0.25) is 9.59 Å². The zero-order valence-corrected chi connectivity index (χ0v) is 14.9. The molecule has 2 rings (SSSR count). The average Bonchev–Trinajstić information content (AvgIpc) is 2.65. The maximum absolute atomic E-state index is 12.7. The summed E-state index contributed by atoms with van der Waals surface area (Å²) >= 11 is 0. The lowest BCUT2D eigenvalue weighted by Crippen LogP contribution is -2.34. The number of Topliss-reactive ketones (excluding diaryl/α,β-unsaturated/α-hetero) is 1. The minimum absolute atomic E-state index is 0.0390. The number of hydrogen-bond acceptors (Lipinski definition) is 4. The number of aliphatic hydroxyl groups excluding tert-OH is 1. The molecule has 0 unspecified atom stereocenters. The number of anilines is 1. The van der Waals surface area contributed by atoms with Gasteiger partial charge in [0.2, 0.25) is 5.91 Å². The first-order chi connectivity index (χ1) is 11.8. The molecular weight excluding hydrogens is 318 g/mol. The first-order valence-electron chi connectivity index (χ1n) is 8.05. The van der Waals surface area contributed by atoms with E-state index in [1.165, 1.54) is 11.8 Å². The van der Waals surface area contributed by atoms with Gasteiger partial charge in [0.1, 0.15) is 5.75 Å². The Morgan fingerprint density at radius 3 is 2.32 bits per heavy atom. The molecule has 2 atom stereocenters. The van der Waals surface area contributed by atoms with Crippen LogP contribution >= 0.6 is 0 Å². The van der Waals surface area contributed by atoms with Gasteiger partial charge in [-0.1, -0.05) is 37.3 Å². The fourth-order valence-corrected chi connectivity index (χ4v) is 2.59. The molecule has 0 heterocycles. The highest BCUT2D eigenvalue weighted by Crippen LogP contribution is 2.27. The summed E-state index contributed by atoms with van der Waals surface area (Å²) in [6.07, 6.45) is -0.957. The lowest BCUT2D eigenvalue weighted by Gasteiger charge is -2.25. The number of methoxy groups -OCH3 is 1. The largest absolute Gasteiger partial charge is 0.497 e. The van der Waals surface area contributed by atoms with Crippen molar-refractivity contribution in [2.45, 2.75) is 20.0 Å². The molecule has 25 heavy (non-hydrogen) atoms. The minimum atomic E-state index is -0.957. The summed E-state index contributed by atoms with van der Waals surface area (Å²) in [7, 11) is 3.23. The molecule has 0 aliphatic heterocycles. The number of rotatable bonds is 6. The van der Waals surface area contributed by atoms with E-state index in [-0.39, 0.29) is 11.7 Å². The van der Waals surface area contributed by atoms with Crippen molar-refractivity contribution in [2.75, 3.05) is 19.1 Å². The van der Waals surface area contributed by atoms with Crippen LogP contribution in [0.3, 0.4) is 0 Å². The summed E-state index contributed by atoms with van der Waals surface area (Å²) in [5, 5.41) is 10.5. The quantitative estimate of drug-likeness (QED) is 0.819. The van der Waals surface area contributed by atoms with Gasteiger partial charge in [-0.2, -0.15) is 0 Å². The Labute approximate surface area is 147 Å². The molecular formula is C20H23NO4. The van der Waals surface area contributed by atoms with Crippen molar-refractivity contribution in [3.63, 3.8) is 0 Å². The fraction of sp³-hybridized carbons (Fsp3) is 0.300. The van der Waals surface area contributed by atoms with Crippen molar-refractivity contribution in [1.29, 1.82) is 0 Å². The van der Waals surface area contributed by atoms with E-state index in [9.17, 15) is 14.7 Å². The van der Waals surface area contributed by atoms with Gasteiger partial charge in [0.15, 0.2) is 5.78 Å². The molecule has 0 bridgehead atoms. The highest BCUT2D eigenvalue weighted by molar-refractivity contribution is 5.95. The van der Waals surface area contributed by atoms with Gasteiger partial charge in [0.25, 0.3) is 0 Å². The maximum Gasteiger partial charge on any atom is 0.232 e. The van der Waals surface area contributed by atoms with Gasteiger partial charge >= 0.3 is 0 Å². The lowest BCUT2D eigenvalue weighted by molar-refractivity contribution is -0.125. The van der Waals surface area contributed by atoms with Gasteiger partial charge in [-0.05, 0) is 24.6 Å². The summed E-state index contributed by atoms with van der Waals surface area (Å²) < 4.78 is 5.18. The van der Waals surface area contributed by atoms with Crippen molar-refractivity contribution >= 4 is 17.4 Å². The molecule has 0 aliphatic rings. The van der Waals surface area contributed by atoms with E-state index < -0.39 is 12.0 Å². The minimum Gasteiger partial charge on any atom is -0.497 e. The third kappa shape index (κ3) is 4.25. The van der Waals surface area contributed by atoms with Crippen molar-refractivity contribution in [3.05, 3.63) is 59.7 Å². The molecule has 1 N–H and O–H groups in total. The van der Waals surface area contributed by atoms with Crippen LogP contribution in [0.4, 0.5) is 5.69 Å². The molecule has 5 nitrogen and oxygen atoms in total. The number of benzene rings is 2. The van der Waals surface area contributed by atoms with E-state index in [1.807, 2.05) is 0 Å². The van der Waals surface area contributed by atoms with Crippen molar-refractivity contribution in [3.8, 4) is 5.75 Å². The summed E-state index contributed by atoms with van der Waals surface area (Å²) in [6.45, 7) is 3.17. The summed E-state index contributed by atoms with van der Waals surface area (Å²) in [6, 6.07) is 13.8. The van der Waals surface area contributed by atoms with Gasteiger partial charge < -0.3 is 14.7 Å². The Balaban J connectivity index is 2.15. The molecule has 0 saturated carbocycles. The molecule has 1 amide bonds. The molecule has 0 saturated heterocycles. The second-order valence-electron chi connectivity index (χ2n) is 6.01. The maximum atomic E-state index is 12.7. The first-order valence-corrected chi connectivity index (χ1v) is 8.05. The van der Waals surface area contributed by atoms with Crippen LogP contribution in [0.2, 0.25) is 0 Å². The predicted octanol–water partition coefficient (Wildman–Crippen LogP) is 3.23. The zero-order valence-electron chi connectivity index (χ0n) is 14.9. The highest BCUT2D eigenvalue weighted by Gasteiger charge is 2.27. The Kier molecular flexibility index (Phi) is 5.93. The third-order valence-electron chi connectivity index (χ3n) is 4.29.